The van der Waals surface area contributed by atoms with Gasteiger partial charge in [0.2, 0.25) is 6.08 Å². The van der Waals surface area contributed by atoms with E-state index in [-0.39, 0.29) is 11.6 Å². The third-order valence-electron chi connectivity index (χ3n) is 1.38. The van der Waals surface area contributed by atoms with Crippen LogP contribution in [0.15, 0.2) is 16.6 Å². The van der Waals surface area contributed by atoms with Gasteiger partial charge in [-0.25, -0.2) is 14.6 Å². The predicted octanol–water partition coefficient (Wildman–Crippen LogP) is 1.13. The molecule has 0 saturated carbocycles. The number of aliphatic carboxylic acids is 1. The van der Waals surface area contributed by atoms with E-state index >= 15 is 0 Å². The first-order valence-electron chi connectivity index (χ1n) is 3.55. The fraction of sp³-hybridized carbons (Fsp3) is 0.500. The van der Waals surface area contributed by atoms with E-state index in [1.165, 1.54) is 19.1 Å². The highest BCUT2D eigenvalue weighted by Gasteiger charge is 2.00. The molecule has 12 heavy (non-hydrogen) atoms. The average molecular weight is 169 g/mol. The van der Waals surface area contributed by atoms with Gasteiger partial charge in [0.05, 0.1) is 6.04 Å². The second-order valence-corrected chi connectivity index (χ2v) is 2.50. The van der Waals surface area contributed by atoms with Gasteiger partial charge < -0.3 is 5.11 Å². The lowest BCUT2D eigenvalue weighted by Crippen LogP contribution is -1.99. The Morgan fingerprint density at radius 2 is 2.33 bits per heavy atom. The molecule has 0 aliphatic carbocycles. The van der Waals surface area contributed by atoms with E-state index in [9.17, 15) is 9.59 Å². The third kappa shape index (κ3) is 4.41. The zero-order chi connectivity index (χ0) is 9.56. The first kappa shape index (κ1) is 10.6. The Balaban J connectivity index is 4.03. The lowest BCUT2D eigenvalue weighted by atomic mass is 10.2. The van der Waals surface area contributed by atoms with Crippen molar-refractivity contribution >= 4 is 12.0 Å². The molecular weight excluding hydrogens is 158 g/mol. The molecule has 0 aliphatic heterocycles. The predicted molar refractivity (Wildman–Crippen MR) is 43.6 cm³/mol. The molecule has 0 amide bonds. The van der Waals surface area contributed by atoms with Crippen LogP contribution in [0.2, 0.25) is 0 Å². The number of carboxylic acid groups (broad SMARTS) is 1. The normalized spacial score (nSPS) is 13.3. The molecule has 0 aromatic rings. The van der Waals surface area contributed by atoms with Crippen LogP contribution in [0.5, 0.6) is 0 Å². The molecule has 0 fully saturated rings. The Labute approximate surface area is 70.6 Å². The number of rotatable bonds is 4. The van der Waals surface area contributed by atoms with Crippen molar-refractivity contribution in [3.63, 3.8) is 0 Å². The molecule has 0 bridgehead atoms. The summed E-state index contributed by atoms with van der Waals surface area (Å²) in [5.41, 5.74) is 0.267. The highest BCUT2D eigenvalue weighted by molar-refractivity contribution is 5.85. The van der Waals surface area contributed by atoms with E-state index in [4.69, 9.17) is 5.11 Å². The van der Waals surface area contributed by atoms with Crippen LogP contribution in [0.1, 0.15) is 20.3 Å². The van der Waals surface area contributed by atoms with Gasteiger partial charge in [0, 0.05) is 5.57 Å². The van der Waals surface area contributed by atoms with E-state index in [2.05, 4.69) is 4.99 Å². The molecule has 0 saturated heterocycles. The zero-order valence-electron chi connectivity index (χ0n) is 7.07. The lowest BCUT2D eigenvalue weighted by molar-refractivity contribution is -0.132. The molecule has 0 spiro atoms. The van der Waals surface area contributed by atoms with Crippen molar-refractivity contribution in [2.75, 3.05) is 0 Å². The Bertz CT molecular complexity index is 239. The largest absolute Gasteiger partial charge is 0.478 e. The van der Waals surface area contributed by atoms with Crippen LogP contribution in [0.3, 0.4) is 0 Å². The number of hydrogen-bond acceptors (Lipinski definition) is 3. The average Bonchev–Trinajstić information content (AvgIpc) is 2.00. The lowest BCUT2D eigenvalue weighted by Gasteiger charge is -1.98. The molecule has 1 N–H and O–H groups in total. The van der Waals surface area contributed by atoms with Gasteiger partial charge in [0.1, 0.15) is 0 Å². The summed E-state index contributed by atoms with van der Waals surface area (Å²) in [7, 11) is 0. The summed E-state index contributed by atoms with van der Waals surface area (Å²) in [6, 6.07) is -0.197. The van der Waals surface area contributed by atoms with Crippen molar-refractivity contribution in [1.82, 2.24) is 0 Å². The summed E-state index contributed by atoms with van der Waals surface area (Å²) in [5.74, 6) is -0.947. The second kappa shape index (κ2) is 5.27. The molecule has 1 atom stereocenters. The molecular formula is C8H11NO3. The second-order valence-electron chi connectivity index (χ2n) is 2.50. The number of carboxylic acids is 1. The van der Waals surface area contributed by atoms with Crippen LogP contribution in [0.4, 0.5) is 0 Å². The third-order valence-corrected chi connectivity index (χ3v) is 1.38. The van der Waals surface area contributed by atoms with Crippen LogP contribution in [0.25, 0.3) is 0 Å². The summed E-state index contributed by atoms with van der Waals surface area (Å²) in [6.45, 7) is 3.22. The van der Waals surface area contributed by atoms with Gasteiger partial charge in [-0.05, 0) is 20.3 Å². The summed E-state index contributed by atoms with van der Waals surface area (Å²) in [6.07, 6.45) is 3.41. The van der Waals surface area contributed by atoms with Gasteiger partial charge in [-0.15, -0.1) is 0 Å². The Kier molecular flexibility index (Phi) is 4.65. The van der Waals surface area contributed by atoms with Crippen molar-refractivity contribution in [2.45, 2.75) is 26.3 Å². The van der Waals surface area contributed by atoms with Crippen molar-refractivity contribution in [3.8, 4) is 0 Å². The standard InChI is InChI=1S/C8H11NO3/c1-6(8(11)12)3-4-7(2)9-5-10/h3,7H,4H2,1-2H3,(H,11,12). The van der Waals surface area contributed by atoms with Gasteiger partial charge in [-0.3, -0.25) is 0 Å². The molecule has 66 valence electrons. The molecule has 0 aromatic carbocycles. The van der Waals surface area contributed by atoms with Gasteiger partial charge in [-0.1, -0.05) is 6.08 Å². The van der Waals surface area contributed by atoms with Gasteiger partial charge in [0.25, 0.3) is 0 Å². The Hall–Kier alpha value is -1.41. The van der Waals surface area contributed by atoms with Crippen LogP contribution in [0, 0.1) is 0 Å². The zero-order valence-corrected chi connectivity index (χ0v) is 7.07. The van der Waals surface area contributed by atoms with Crippen molar-refractivity contribution < 1.29 is 14.7 Å². The van der Waals surface area contributed by atoms with Gasteiger partial charge in [0.15, 0.2) is 0 Å². The maximum absolute atomic E-state index is 10.3. The van der Waals surface area contributed by atoms with E-state index in [1.807, 2.05) is 0 Å². The fourth-order valence-electron chi connectivity index (χ4n) is 0.577. The highest BCUT2D eigenvalue weighted by Crippen LogP contribution is 2.01. The van der Waals surface area contributed by atoms with E-state index in [0.717, 1.165) is 0 Å². The maximum atomic E-state index is 10.3. The summed E-state index contributed by atoms with van der Waals surface area (Å²) in [4.78, 5) is 23.5. The maximum Gasteiger partial charge on any atom is 0.330 e. The van der Waals surface area contributed by atoms with Crippen molar-refractivity contribution in [3.05, 3.63) is 11.6 Å². The SMILES string of the molecule is CC(=CCC(C)N=C=O)C(=O)O. The van der Waals surface area contributed by atoms with Crippen molar-refractivity contribution in [1.29, 1.82) is 0 Å². The number of carbonyl (C=O) groups excluding carboxylic acids is 1. The molecule has 0 aliphatic rings. The van der Waals surface area contributed by atoms with Gasteiger partial charge in [-0.2, -0.15) is 0 Å². The van der Waals surface area contributed by atoms with E-state index in [1.54, 1.807) is 6.92 Å². The Morgan fingerprint density at radius 3 is 2.75 bits per heavy atom. The topological polar surface area (TPSA) is 66.7 Å². The summed E-state index contributed by atoms with van der Waals surface area (Å²) < 4.78 is 0. The fourth-order valence-corrected chi connectivity index (χ4v) is 0.577. The molecule has 4 nitrogen and oxygen atoms in total. The minimum absolute atomic E-state index is 0.197. The Morgan fingerprint density at radius 1 is 1.75 bits per heavy atom. The van der Waals surface area contributed by atoms with Crippen LogP contribution in [-0.2, 0) is 9.59 Å². The molecule has 0 heterocycles. The molecule has 0 radical (unpaired) electrons. The van der Waals surface area contributed by atoms with Crippen molar-refractivity contribution in [2.24, 2.45) is 4.99 Å². The number of hydrogen-bond donors (Lipinski definition) is 1. The van der Waals surface area contributed by atoms with Crippen LogP contribution >= 0.6 is 0 Å². The molecule has 0 rings (SSSR count). The van der Waals surface area contributed by atoms with E-state index in [0.29, 0.717) is 6.42 Å². The first-order valence-corrected chi connectivity index (χ1v) is 3.55. The summed E-state index contributed by atoms with van der Waals surface area (Å²) >= 11 is 0. The first-order chi connectivity index (χ1) is 5.57. The van der Waals surface area contributed by atoms with Crippen LogP contribution < -0.4 is 0 Å². The minimum Gasteiger partial charge on any atom is -0.478 e. The number of aliphatic imine (C=N–C) groups is 1. The number of nitrogens with zero attached hydrogens (tertiary/aromatic N) is 1. The summed E-state index contributed by atoms with van der Waals surface area (Å²) in [5, 5.41) is 8.45. The minimum atomic E-state index is -0.947. The monoisotopic (exact) mass is 169 g/mol. The van der Waals surface area contributed by atoms with E-state index < -0.39 is 5.97 Å². The van der Waals surface area contributed by atoms with Gasteiger partial charge >= 0.3 is 5.97 Å². The quantitative estimate of drug-likeness (QED) is 0.389. The number of isocyanates is 1. The molecule has 1 unspecified atom stereocenters. The van der Waals surface area contributed by atoms with Crippen LogP contribution in [-0.4, -0.2) is 23.2 Å². The molecule has 0 aromatic heterocycles. The number of carbonyl (C=O) groups is 1. The molecule has 4 heteroatoms. The smallest absolute Gasteiger partial charge is 0.330 e. The highest BCUT2D eigenvalue weighted by atomic mass is 16.4.